The molecule has 9 heteroatoms. The van der Waals surface area contributed by atoms with Crippen LogP contribution in [0.4, 0.5) is 13.2 Å². The Morgan fingerprint density at radius 2 is 2.00 bits per heavy atom. The molecule has 0 aliphatic carbocycles. The first-order chi connectivity index (χ1) is 11.2. The van der Waals surface area contributed by atoms with Crippen LogP contribution in [0.3, 0.4) is 0 Å². The third-order valence-corrected chi connectivity index (χ3v) is 4.33. The van der Waals surface area contributed by atoms with Gasteiger partial charge in [0.05, 0.1) is 5.75 Å². The highest BCUT2D eigenvalue weighted by molar-refractivity contribution is 7.87. The molecule has 1 aromatic carbocycles. The highest BCUT2D eigenvalue weighted by atomic mass is 32.2. The van der Waals surface area contributed by atoms with E-state index in [-0.39, 0.29) is 23.0 Å². The van der Waals surface area contributed by atoms with Gasteiger partial charge in [0.15, 0.2) is 5.69 Å². The van der Waals surface area contributed by atoms with E-state index < -0.39 is 22.0 Å². The zero-order chi connectivity index (χ0) is 17.8. The Morgan fingerprint density at radius 1 is 1.25 bits per heavy atom. The molecule has 24 heavy (non-hydrogen) atoms. The smallest absolute Gasteiger partial charge is 0.436 e. The summed E-state index contributed by atoms with van der Waals surface area (Å²) in [7, 11) is -3.75. The molecule has 0 aliphatic heterocycles. The van der Waals surface area contributed by atoms with Crippen molar-refractivity contribution in [2.75, 3.05) is 5.75 Å². The molecule has 0 N–H and O–H groups in total. The van der Waals surface area contributed by atoms with Gasteiger partial charge in [0.1, 0.15) is 12.0 Å². The summed E-state index contributed by atoms with van der Waals surface area (Å²) in [6.45, 7) is 1.95. The Morgan fingerprint density at radius 3 is 2.62 bits per heavy atom. The lowest BCUT2D eigenvalue weighted by atomic mass is 10.2. The summed E-state index contributed by atoms with van der Waals surface area (Å²) in [5.74, 6) is -0.394. The molecule has 0 radical (unpaired) electrons. The van der Waals surface area contributed by atoms with Crippen LogP contribution in [0.15, 0.2) is 34.9 Å². The van der Waals surface area contributed by atoms with Crippen molar-refractivity contribution in [2.45, 2.75) is 32.4 Å². The number of hydrogen-bond donors (Lipinski definition) is 0. The van der Waals surface area contributed by atoms with Gasteiger partial charge in [0.2, 0.25) is 5.89 Å². The molecule has 0 fully saturated rings. The second-order valence-corrected chi connectivity index (χ2v) is 6.81. The highest BCUT2D eigenvalue weighted by Gasteiger charge is 2.34. The number of nitrogens with zero attached hydrogens (tertiary/aromatic N) is 1. The van der Waals surface area contributed by atoms with Crippen LogP contribution >= 0.6 is 0 Å². The maximum absolute atomic E-state index is 12.5. The molecule has 0 unspecified atom stereocenters. The van der Waals surface area contributed by atoms with Gasteiger partial charge < -0.3 is 8.60 Å². The number of halogens is 3. The lowest BCUT2D eigenvalue weighted by Gasteiger charge is -2.07. The number of rotatable bonds is 7. The van der Waals surface area contributed by atoms with E-state index in [0.29, 0.717) is 12.7 Å². The number of benzene rings is 1. The minimum absolute atomic E-state index is 0.00393. The molecule has 1 aromatic heterocycles. The fourth-order valence-electron chi connectivity index (χ4n) is 1.93. The Bertz CT molecular complexity index is 784. The van der Waals surface area contributed by atoms with Gasteiger partial charge in [-0.3, -0.25) is 0 Å². The van der Waals surface area contributed by atoms with Crippen molar-refractivity contribution < 1.29 is 30.2 Å². The van der Waals surface area contributed by atoms with E-state index in [2.05, 4.69) is 4.98 Å². The zero-order valence-electron chi connectivity index (χ0n) is 12.8. The fraction of sp³-hybridized carbons (Fsp3) is 0.400. The molecule has 0 saturated heterocycles. The summed E-state index contributed by atoms with van der Waals surface area (Å²) < 4.78 is 71.1. The van der Waals surface area contributed by atoms with Gasteiger partial charge in [0, 0.05) is 5.56 Å². The van der Waals surface area contributed by atoms with Crippen molar-refractivity contribution in [3.8, 4) is 17.2 Å². The van der Waals surface area contributed by atoms with Gasteiger partial charge in [-0.15, -0.1) is 0 Å². The molecule has 0 saturated carbocycles. The summed E-state index contributed by atoms with van der Waals surface area (Å²) in [6.07, 6.45) is -1.99. The van der Waals surface area contributed by atoms with Crippen molar-refractivity contribution in [2.24, 2.45) is 0 Å². The van der Waals surface area contributed by atoms with Gasteiger partial charge in [-0.05, 0) is 24.6 Å². The molecule has 0 bridgehead atoms. The van der Waals surface area contributed by atoms with Crippen LogP contribution in [-0.4, -0.2) is 19.2 Å². The normalized spacial score (nSPS) is 12.3. The van der Waals surface area contributed by atoms with Crippen LogP contribution < -0.4 is 4.18 Å². The summed E-state index contributed by atoms with van der Waals surface area (Å²) in [4.78, 5) is 3.35. The Hall–Kier alpha value is -2.03. The first-order valence-electron chi connectivity index (χ1n) is 7.26. The van der Waals surface area contributed by atoms with E-state index in [1.54, 1.807) is 0 Å². The average molecular weight is 363 g/mol. The molecular formula is C15H16F3NO4S. The molecule has 0 aliphatic rings. The molecule has 0 spiro atoms. The van der Waals surface area contributed by atoms with Crippen molar-refractivity contribution in [3.05, 3.63) is 36.2 Å². The Kier molecular flexibility index (Phi) is 5.53. The first-order valence-corrected chi connectivity index (χ1v) is 8.84. The van der Waals surface area contributed by atoms with Crippen molar-refractivity contribution in [1.29, 1.82) is 0 Å². The molecule has 0 amide bonds. The summed E-state index contributed by atoms with van der Waals surface area (Å²) in [5.41, 5.74) is -0.970. The molecule has 2 rings (SSSR count). The molecule has 1 heterocycles. The van der Waals surface area contributed by atoms with Crippen molar-refractivity contribution in [1.82, 2.24) is 4.98 Å². The maximum Gasteiger partial charge on any atom is 0.436 e. The second kappa shape index (κ2) is 7.25. The number of unbranched alkanes of at least 4 members (excludes halogenated alkanes) is 2. The van der Waals surface area contributed by atoms with Crippen LogP contribution in [0.5, 0.6) is 5.75 Å². The van der Waals surface area contributed by atoms with E-state index in [1.165, 1.54) is 24.3 Å². The van der Waals surface area contributed by atoms with Crippen LogP contribution in [0.2, 0.25) is 0 Å². The Balaban J connectivity index is 2.16. The minimum atomic E-state index is -4.61. The van der Waals surface area contributed by atoms with Gasteiger partial charge in [-0.25, -0.2) is 4.98 Å². The topological polar surface area (TPSA) is 69.4 Å². The van der Waals surface area contributed by atoms with Crippen LogP contribution in [0.1, 0.15) is 31.9 Å². The molecule has 0 atom stereocenters. The predicted molar refractivity (Wildman–Crippen MR) is 80.9 cm³/mol. The van der Waals surface area contributed by atoms with E-state index in [9.17, 15) is 21.6 Å². The Labute approximate surface area is 137 Å². The lowest BCUT2D eigenvalue weighted by Crippen LogP contribution is -2.13. The molecular weight excluding hydrogens is 347 g/mol. The lowest BCUT2D eigenvalue weighted by molar-refractivity contribution is -0.141. The zero-order valence-corrected chi connectivity index (χ0v) is 13.7. The molecule has 5 nitrogen and oxygen atoms in total. The van der Waals surface area contributed by atoms with Gasteiger partial charge in [-0.2, -0.15) is 21.6 Å². The summed E-state index contributed by atoms with van der Waals surface area (Å²) in [6, 6.07) is 5.56. The number of alkyl halides is 3. The SMILES string of the molecule is CCCCCS(=O)(=O)Oc1cccc(-c2nc(C(F)(F)F)co2)c1. The van der Waals surface area contributed by atoms with Crippen molar-refractivity contribution >= 4 is 10.1 Å². The van der Waals surface area contributed by atoms with Crippen LogP contribution in [0, 0.1) is 0 Å². The molecule has 132 valence electrons. The van der Waals surface area contributed by atoms with Crippen LogP contribution in [0.25, 0.3) is 11.5 Å². The standard InChI is InChI=1S/C15H16F3NO4S/c1-2-3-4-8-24(20,21)23-12-7-5-6-11(9-12)14-19-13(10-22-14)15(16,17)18/h5-7,9-10H,2-4,8H2,1H3. The van der Waals surface area contributed by atoms with Gasteiger partial charge in [0.25, 0.3) is 0 Å². The number of aromatic nitrogens is 1. The largest absolute Gasteiger partial charge is 0.444 e. The number of hydrogen-bond acceptors (Lipinski definition) is 5. The third-order valence-electron chi connectivity index (χ3n) is 3.10. The van der Waals surface area contributed by atoms with Crippen molar-refractivity contribution in [3.63, 3.8) is 0 Å². The quantitative estimate of drug-likeness (QED) is 0.543. The first kappa shape index (κ1) is 18.3. The average Bonchev–Trinajstić information content (AvgIpc) is 2.97. The van der Waals surface area contributed by atoms with Crippen LogP contribution in [-0.2, 0) is 16.3 Å². The monoisotopic (exact) mass is 363 g/mol. The maximum atomic E-state index is 12.5. The number of oxazole rings is 1. The van der Waals surface area contributed by atoms with E-state index in [0.717, 1.165) is 12.8 Å². The second-order valence-electron chi connectivity index (χ2n) is 5.12. The van der Waals surface area contributed by atoms with E-state index in [4.69, 9.17) is 8.60 Å². The summed E-state index contributed by atoms with van der Waals surface area (Å²) in [5, 5.41) is 0. The fourth-order valence-corrected chi connectivity index (χ4v) is 2.97. The van der Waals surface area contributed by atoms with E-state index >= 15 is 0 Å². The summed E-state index contributed by atoms with van der Waals surface area (Å²) >= 11 is 0. The minimum Gasteiger partial charge on any atom is -0.444 e. The van der Waals surface area contributed by atoms with E-state index in [1.807, 2.05) is 6.92 Å². The van der Waals surface area contributed by atoms with Gasteiger partial charge >= 0.3 is 16.3 Å². The predicted octanol–water partition coefficient (Wildman–Crippen LogP) is 4.26. The highest BCUT2D eigenvalue weighted by Crippen LogP contribution is 2.31. The molecule has 2 aromatic rings. The van der Waals surface area contributed by atoms with Gasteiger partial charge in [-0.1, -0.05) is 25.8 Å². The third kappa shape index (κ3) is 4.98.